The molecule has 0 aliphatic heterocycles. The molecule has 0 aromatic carbocycles. The third kappa shape index (κ3) is 4.00. The van der Waals surface area contributed by atoms with Crippen LogP contribution in [0.15, 0.2) is 0 Å². The van der Waals surface area contributed by atoms with Crippen LogP contribution in [0.2, 0.25) is 0 Å². The van der Waals surface area contributed by atoms with E-state index in [1.165, 1.54) is 6.42 Å². The summed E-state index contributed by atoms with van der Waals surface area (Å²) in [7, 11) is 0. The van der Waals surface area contributed by atoms with E-state index in [-0.39, 0.29) is 0 Å². The molecule has 0 aliphatic rings. The highest BCUT2D eigenvalue weighted by molar-refractivity contribution is 4.57. The molecule has 0 amide bonds. The Balaban J connectivity index is 2.63. The lowest BCUT2D eigenvalue weighted by Crippen LogP contribution is -1.82. The summed E-state index contributed by atoms with van der Waals surface area (Å²) in [5, 5.41) is 0. The van der Waals surface area contributed by atoms with Gasteiger partial charge in [-0.3, -0.25) is 0 Å². The molecule has 6 heavy (non-hydrogen) atoms. The molecule has 0 heteroatoms. The molecular formula is C6H13-. The molecule has 0 radical (unpaired) electrons. The predicted octanol–water partition coefficient (Wildman–Crippen LogP) is 2.26. The van der Waals surface area contributed by atoms with Gasteiger partial charge in [-0.1, -0.05) is 19.8 Å². The summed E-state index contributed by atoms with van der Waals surface area (Å²) in [5.41, 5.74) is 0. The van der Waals surface area contributed by atoms with Crippen molar-refractivity contribution >= 4 is 0 Å². The zero-order chi connectivity index (χ0) is 4.99. The molecule has 0 rings (SSSR count). The zero-order valence-corrected chi connectivity index (χ0v) is 4.86. The summed E-state index contributed by atoms with van der Waals surface area (Å²) in [4.78, 5) is 0. The summed E-state index contributed by atoms with van der Waals surface area (Å²) < 4.78 is 0. The second-order valence-corrected chi connectivity index (χ2v) is 2.04. The van der Waals surface area contributed by atoms with Crippen molar-refractivity contribution in [1.82, 2.24) is 0 Å². The van der Waals surface area contributed by atoms with Crippen molar-refractivity contribution in [3.05, 3.63) is 6.42 Å². The monoisotopic (exact) mass is 85.1 g/mol. The van der Waals surface area contributed by atoms with Crippen LogP contribution in [0.25, 0.3) is 0 Å². The van der Waals surface area contributed by atoms with Crippen molar-refractivity contribution in [2.24, 2.45) is 5.92 Å². The van der Waals surface area contributed by atoms with E-state index in [0.717, 1.165) is 5.92 Å². The lowest BCUT2D eigenvalue weighted by molar-refractivity contribution is 0.639. The van der Waals surface area contributed by atoms with Gasteiger partial charge < -0.3 is 6.42 Å². The van der Waals surface area contributed by atoms with Gasteiger partial charge in [0.15, 0.2) is 0 Å². The van der Waals surface area contributed by atoms with Gasteiger partial charge in [-0.05, 0) is 0 Å². The highest BCUT2D eigenvalue weighted by Gasteiger charge is 1.77. The minimum Gasteiger partial charge on any atom is -0.331 e. The fraction of sp³-hybridized carbons (Fsp3) is 0.833. The van der Waals surface area contributed by atoms with Crippen molar-refractivity contribution in [3.8, 4) is 0 Å². The van der Waals surface area contributed by atoms with Crippen LogP contribution in [0.3, 0.4) is 0 Å². The highest BCUT2D eigenvalue weighted by Crippen LogP contribution is 1.99. The second-order valence-electron chi connectivity index (χ2n) is 2.04. The van der Waals surface area contributed by atoms with Crippen molar-refractivity contribution in [1.29, 1.82) is 0 Å². The molecule has 0 unspecified atom stereocenters. The van der Waals surface area contributed by atoms with Gasteiger partial charge in [0.2, 0.25) is 0 Å². The largest absolute Gasteiger partial charge is 0.331 e. The van der Waals surface area contributed by atoms with E-state index >= 15 is 0 Å². The second kappa shape index (κ2) is 3.20. The molecule has 0 aromatic rings. The van der Waals surface area contributed by atoms with Gasteiger partial charge in [0.1, 0.15) is 0 Å². The normalized spacial score (nSPS) is 10.0. The first-order valence-corrected chi connectivity index (χ1v) is 2.55. The molecular weight excluding hydrogens is 72.1 g/mol. The molecule has 0 atom stereocenters. The van der Waals surface area contributed by atoms with Gasteiger partial charge in [0.05, 0.1) is 0 Å². The third-order valence-electron chi connectivity index (χ3n) is 0.707. The maximum atomic E-state index is 2.22. The van der Waals surface area contributed by atoms with Crippen LogP contribution in [-0.2, 0) is 0 Å². The summed E-state index contributed by atoms with van der Waals surface area (Å²) in [6, 6.07) is 0. The lowest BCUT2D eigenvalue weighted by atomic mass is 10.1. The van der Waals surface area contributed by atoms with Crippen LogP contribution >= 0.6 is 0 Å². The van der Waals surface area contributed by atoms with Crippen molar-refractivity contribution in [2.45, 2.75) is 27.2 Å². The van der Waals surface area contributed by atoms with Gasteiger partial charge in [-0.25, -0.2) is 0 Å². The Hall–Kier alpha value is 0. The summed E-state index contributed by atoms with van der Waals surface area (Å²) >= 11 is 0. The molecule has 38 valence electrons. The molecule has 0 nitrogen and oxygen atoms in total. The summed E-state index contributed by atoms with van der Waals surface area (Å²) in [6.45, 7) is 6.54. The number of hydrogen-bond acceptors (Lipinski definition) is 0. The molecule has 0 fully saturated rings. The average molecular weight is 85.2 g/mol. The smallest absolute Gasteiger partial charge is 0.0652 e. The summed E-state index contributed by atoms with van der Waals surface area (Å²) in [5.74, 6) is 0.843. The maximum absolute atomic E-state index is 2.22. The Morgan fingerprint density at radius 2 is 2.00 bits per heavy atom. The first-order valence-electron chi connectivity index (χ1n) is 2.55. The molecule has 0 bridgehead atoms. The molecule has 0 spiro atoms. The van der Waals surface area contributed by atoms with E-state index in [9.17, 15) is 0 Å². The minimum atomic E-state index is 0.843. The Bertz CT molecular complexity index is 21.2. The van der Waals surface area contributed by atoms with E-state index in [2.05, 4.69) is 27.2 Å². The van der Waals surface area contributed by atoms with Crippen LogP contribution < -0.4 is 0 Å². The van der Waals surface area contributed by atoms with Crippen LogP contribution in [-0.4, -0.2) is 0 Å². The third-order valence-corrected chi connectivity index (χ3v) is 0.707. The van der Waals surface area contributed by atoms with E-state index in [1.54, 1.807) is 0 Å². The van der Waals surface area contributed by atoms with Gasteiger partial charge in [-0.2, -0.15) is 13.3 Å². The van der Waals surface area contributed by atoms with E-state index in [0.29, 0.717) is 0 Å². The standard InChI is InChI=1S/C6H13/c1-4-5-6(2)3/h4,6H,5H2,1-3H3/q-1. The van der Waals surface area contributed by atoms with E-state index in [1.807, 2.05) is 0 Å². The Kier molecular flexibility index (Phi) is 3.20. The lowest BCUT2D eigenvalue weighted by Gasteiger charge is -2.05. The topological polar surface area (TPSA) is 0 Å². The maximum Gasteiger partial charge on any atom is -0.0652 e. The number of rotatable bonds is 2. The first kappa shape index (κ1) is 6.00. The minimum absolute atomic E-state index is 0.843. The van der Waals surface area contributed by atoms with Gasteiger partial charge in [0, 0.05) is 0 Å². The SMILES string of the molecule is C[CH-]CC(C)C. The highest BCUT2D eigenvalue weighted by atomic mass is 13.9. The Morgan fingerprint density at radius 3 is 2.00 bits per heavy atom. The van der Waals surface area contributed by atoms with Crippen LogP contribution in [0.1, 0.15) is 27.2 Å². The van der Waals surface area contributed by atoms with Gasteiger partial charge in [0.25, 0.3) is 0 Å². The molecule has 0 heterocycles. The predicted molar refractivity (Wildman–Crippen MR) is 29.4 cm³/mol. The van der Waals surface area contributed by atoms with Crippen LogP contribution in [0.4, 0.5) is 0 Å². The average Bonchev–Trinajstić information content (AvgIpc) is 1.35. The number of hydrogen-bond donors (Lipinski definition) is 0. The molecule has 0 aromatic heterocycles. The van der Waals surface area contributed by atoms with E-state index in [4.69, 9.17) is 0 Å². The molecule has 0 saturated heterocycles. The molecule has 0 N–H and O–H groups in total. The van der Waals surface area contributed by atoms with Crippen LogP contribution in [0.5, 0.6) is 0 Å². The Labute approximate surface area is 40.6 Å². The van der Waals surface area contributed by atoms with Crippen molar-refractivity contribution in [3.63, 3.8) is 0 Å². The van der Waals surface area contributed by atoms with Crippen LogP contribution in [0, 0.1) is 12.3 Å². The van der Waals surface area contributed by atoms with Gasteiger partial charge in [-0.15, -0.1) is 0 Å². The Morgan fingerprint density at radius 1 is 1.50 bits per heavy atom. The quantitative estimate of drug-likeness (QED) is 0.451. The molecule has 0 aliphatic carbocycles. The fourth-order valence-electron chi connectivity index (χ4n) is 0.471. The first-order chi connectivity index (χ1) is 2.77. The molecule has 0 saturated carbocycles. The fourth-order valence-corrected chi connectivity index (χ4v) is 0.471. The summed E-state index contributed by atoms with van der Waals surface area (Å²) in [6.07, 6.45) is 3.45. The van der Waals surface area contributed by atoms with Crippen molar-refractivity contribution in [2.75, 3.05) is 0 Å². The van der Waals surface area contributed by atoms with Gasteiger partial charge >= 0.3 is 0 Å². The van der Waals surface area contributed by atoms with Crippen molar-refractivity contribution < 1.29 is 0 Å². The van der Waals surface area contributed by atoms with E-state index < -0.39 is 0 Å². The zero-order valence-electron chi connectivity index (χ0n) is 4.86.